The molecule has 1 N–H and O–H groups in total. The molecule has 9 nitrogen and oxygen atoms in total. The third kappa shape index (κ3) is 9.87. The summed E-state index contributed by atoms with van der Waals surface area (Å²) in [6.07, 6.45) is 7.85. The molecule has 0 amide bonds. The molecule has 0 radical (unpaired) electrons. The normalized spacial score (nSPS) is 17.0. The van der Waals surface area contributed by atoms with E-state index in [1.807, 2.05) is 28.9 Å². The number of pyridine rings is 1. The van der Waals surface area contributed by atoms with E-state index < -0.39 is 22.1 Å². The van der Waals surface area contributed by atoms with E-state index >= 15 is 0 Å². The lowest BCUT2D eigenvalue weighted by Gasteiger charge is -2.27. The molecule has 11 heteroatoms. The summed E-state index contributed by atoms with van der Waals surface area (Å²) in [7, 11) is -2.54. The number of hydrogen-bond acceptors (Lipinski definition) is 7. The summed E-state index contributed by atoms with van der Waals surface area (Å²) in [4.78, 5) is 24.1. The Morgan fingerprint density at radius 1 is 0.898 bits per heavy atom. The third-order valence-corrected chi connectivity index (χ3v) is 12.9. The Labute approximate surface area is 294 Å². The number of ether oxygens (including phenoxy) is 2. The van der Waals surface area contributed by atoms with Crippen LogP contribution in [0, 0.1) is 5.92 Å². The molecule has 0 saturated heterocycles. The number of anilines is 1. The number of aliphatic carboxylic acids is 1. The molecule has 4 aromatic rings. The number of nitrogens with zero attached hydrogens (tertiary/aromatic N) is 5. The Morgan fingerprint density at radius 2 is 1.53 bits per heavy atom. The molecule has 1 fully saturated rings. The molecule has 1 aromatic carbocycles. The summed E-state index contributed by atoms with van der Waals surface area (Å²) in [5.74, 6) is 0.0144. The lowest BCUT2D eigenvalue weighted by atomic mass is 9.79. The fourth-order valence-electron chi connectivity index (χ4n) is 6.32. The monoisotopic (exact) mass is 701 g/mol. The second-order valence-electron chi connectivity index (χ2n) is 15.9. The summed E-state index contributed by atoms with van der Waals surface area (Å²) >= 11 is 0. The number of hydrogen-bond donors (Lipinski definition) is 1. The SMILES string of the molecule is CCc1cn2nc(N(COCC[Si](C)(C)C)COCC[Si](C)(C)C)c(-c3ccc(-c4ccccc4)nc3)c2nc1C1CCC(C(=O)O)CC1. The first-order valence-corrected chi connectivity index (χ1v) is 25.3. The molecule has 1 aliphatic rings. The molecule has 0 unspecified atom stereocenters. The molecule has 1 saturated carbocycles. The van der Waals surface area contributed by atoms with Crippen LogP contribution >= 0.6 is 0 Å². The van der Waals surface area contributed by atoms with Crippen molar-refractivity contribution in [2.45, 2.75) is 96.3 Å². The van der Waals surface area contributed by atoms with E-state index in [0.717, 1.165) is 76.5 Å². The quantitative estimate of drug-likeness (QED) is 0.0703. The molecule has 0 atom stereocenters. The van der Waals surface area contributed by atoms with Crippen molar-refractivity contribution in [3.8, 4) is 22.4 Å². The molecule has 0 spiro atoms. The van der Waals surface area contributed by atoms with Crippen molar-refractivity contribution in [3.05, 3.63) is 66.1 Å². The number of carbonyl (C=O) groups is 1. The van der Waals surface area contributed by atoms with Crippen LogP contribution < -0.4 is 4.90 Å². The highest BCUT2D eigenvalue weighted by atomic mass is 28.3. The van der Waals surface area contributed by atoms with Crippen LogP contribution in [-0.2, 0) is 20.7 Å². The van der Waals surface area contributed by atoms with Crippen molar-refractivity contribution in [1.29, 1.82) is 0 Å². The van der Waals surface area contributed by atoms with E-state index in [1.165, 1.54) is 0 Å². The highest BCUT2D eigenvalue weighted by molar-refractivity contribution is 6.76. The minimum atomic E-state index is -1.27. The van der Waals surface area contributed by atoms with Crippen molar-refractivity contribution >= 4 is 33.6 Å². The standard InChI is InChI=1S/C38H55N5O4Si2/c1-8-28-25-43-36(40-35(28)30-14-16-31(17-15-30)38(44)45)34(32-18-19-33(39-24-32)29-12-10-9-11-13-29)37(41-43)42(26-46-20-22-48(2,3)4)27-47-21-23-49(5,6)7/h9-13,18-19,24-25,30-31H,8,14-17,20-23,26-27H2,1-7H3,(H,44,45). The predicted octanol–water partition coefficient (Wildman–Crippen LogP) is 8.81. The number of carboxylic acids is 1. The van der Waals surface area contributed by atoms with Gasteiger partial charge in [0.25, 0.3) is 0 Å². The third-order valence-electron chi connectivity index (χ3n) is 9.45. The molecule has 1 aliphatic carbocycles. The molecule has 0 bridgehead atoms. The maximum atomic E-state index is 11.7. The number of aryl methyl sites for hydroxylation is 1. The van der Waals surface area contributed by atoms with Crippen LogP contribution in [0.3, 0.4) is 0 Å². The van der Waals surface area contributed by atoms with Crippen molar-refractivity contribution < 1.29 is 19.4 Å². The van der Waals surface area contributed by atoms with Crippen molar-refractivity contribution in [2.75, 3.05) is 31.6 Å². The Kier molecular flexibility index (Phi) is 12.1. The van der Waals surface area contributed by atoms with Gasteiger partial charge < -0.3 is 19.5 Å². The maximum Gasteiger partial charge on any atom is 0.306 e. The molecule has 49 heavy (non-hydrogen) atoms. The van der Waals surface area contributed by atoms with Gasteiger partial charge in [0.2, 0.25) is 0 Å². The highest BCUT2D eigenvalue weighted by Crippen LogP contribution is 2.40. The molecular weight excluding hydrogens is 647 g/mol. The molecular formula is C38H55N5O4Si2. The average Bonchev–Trinajstić information content (AvgIpc) is 3.44. The zero-order chi connectivity index (χ0) is 35.2. The first-order valence-electron chi connectivity index (χ1n) is 17.9. The fraction of sp³-hybridized carbons (Fsp3) is 0.526. The van der Waals surface area contributed by atoms with Gasteiger partial charge in [-0.15, -0.1) is 5.10 Å². The van der Waals surface area contributed by atoms with E-state index in [-0.39, 0.29) is 11.8 Å². The van der Waals surface area contributed by atoms with Crippen LogP contribution in [0.25, 0.3) is 28.0 Å². The number of rotatable bonds is 16. The van der Waals surface area contributed by atoms with Crippen molar-refractivity contribution in [1.82, 2.24) is 19.6 Å². The summed E-state index contributed by atoms with van der Waals surface area (Å²) in [5, 5.41) is 14.8. The van der Waals surface area contributed by atoms with E-state index in [2.05, 4.69) is 81.6 Å². The Bertz CT molecular complexity index is 1650. The van der Waals surface area contributed by atoms with Gasteiger partial charge in [0.05, 0.1) is 22.9 Å². The summed E-state index contributed by atoms with van der Waals surface area (Å²) in [5.41, 5.74) is 6.77. The first kappa shape index (κ1) is 36.9. The van der Waals surface area contributed by atoms with Gasteiger partial charge in [-0.2, -0.15) is 0 Å². The molecule has 264 valence electrons. The minimum Gasteiger partial charge on any atom is -0.481 e. The van der Waals surface area contributed by atoms with E-state index in [4.69, 9.17) is 24.5 Å². The lowest BCUT2D eigenvalue weighted by Crippen LogP contribution is -2.32. The lowest BCUT2D eigenvalue weighted by molar-refractivity contribution is -0.142. The number of benzene rings is 1. The zero-order valence-electron chi connectivity index (χ0n) is 30.5. The summed E-state index contributed by atoms with van der Waals surface area (Å²) in [6.45, 7) is 18.4. The van der Waals surface area contributed by atoms with Gasteiger partial charge in [0, 0.05) is 58.8 Å². The molecule has 3 heterocycles. The van der Waals surface area contributed by atoms with Crippen LogP contribution in [-0.4, -0.2) is 73.5 Å². The molecule has 5 rings (SSSR count). The van der Waals surface area contributed by atoms with Crippen LogP contribution in [0.5, 0.6) is 0 Å². The maximum absolute atomic E-state index is 11.7. The van der Waals surface area contributed by atoms with Gasteiger partial charge in [-0.1, -0.05) is 82.6 Å². The predicted molar refractivity (Wildman–Crippen MR) is 204 cm³/mol. The van der Waals surface area contributed by atoms with Gasteiger partial charge in [-0.25, -0.2) is 9.50 Å². The number of aromatic nitrogens is 4. The molecule has 3 aromatic heterocycles. The van der Waals surface area contributed by atoms with E-state index in [9.17, 15) is 9.90 Å². The van der Waals surface area contributed by atoms with Crippen LogP contribution in [0.1, 0.15) is 49.8 Å². The topological polar surface area (TPSA) is 102 Å². The van der Waals surface area contributed by atoms with Crippen molar-refractivity contribution in [3.63, 3.8) is 0 Å². The summed E-state index contributed by atoms with van der Waals surface area (Å²) < 4.78 is 14.6. The number of carboxylic acid groups (broad SMARTS) is 1. The van der Waals surface area contributed by atoms with Crippen LogP contribution in [0.2, 0.25) is 51.4 Å². The highest BCUT2D eigenvalue weighted by Gasteiger charge is 2.30. The van der Waals surface area contributed by atoms with Gasteiger partial charge in [0.1, 0.15) is 13.5 Å². The van der Waals surface area contributed by atoms with Crippen LogP contribution in [0.15, 0.2) is 54.9 Å². The fourth-order valence-corrected chi connectivity index (χ4v) is 7.83. The van der Waals surface area contributed by atoms with Gasteiger partial charge in [-0.3, -0.25) is 9.78 Å². The van der Waals surface area contributed by atoms with Gasteiger partial charge in [0.15, 0.2) is 11.5 Å². The first-order chi connectivity index (χ1) is 23.3. The second-order valence-corrected chi connectivity index (χ2v) is 27.1. The zero-order valence-corrected chi connectivity index (χ0v) is 32.5. The largest absolute Gasteiger partial charge is 0.481 e. The average molecular weight is 702 g/mol. The summed E-state index contributed by atoms with van der Waals surface area (Å²) in [6, 6.07) is 16.5. The van der Waals surface area contributed by atoms with Crippen molar-refractivity contribution in [2.24, 2.45) is 5.92 Å². The van der Waals surface area contributed by atoms with E-state index in [1.54, 1.807) is 0 Å². The van der Waals surface area contributed by atoms with Gasteiger partial charge in [-0.05, 0) is 55.8 Å². The minimum absolute atomic E-state index is 0.214. The van der Waals surface area contributed by atoms with E-state index in [0.29, 0.717) is 39.5 Å². The second kappa shape index (κ2) is 16.1. The smallest absolute Gasteiger partial charge is 0.306 e. The van der Waals surface area contributed by atoms with Crippen LogP contribution in [0.4, 0.5) is 5.82 Å². The molecule has 0 aliphatic heterocycles. The Hall–Kier alpha value is -3.39. The van der Waals surface area contributed by atoms with Gasteiger partial charge >= 0.3 is 5.97 Å². The Morgan fingerprint density at radius 3 is 2.06 bits per heavy atom. The number of fused-ring (bicyclic) bond motifs is 1. The Balaban J connectivity index is 1.57.